The molecule has 0 radical (unpaired) electrons. The van der Waals surface area contributed by atoms with E-state index < -0.39 is 28.5 Å². The van der Waals surface area contributed by atoms with Gasteiger partial charge in [-0.05, 0) is 67.5 Å². The normalized spacial score (nSPS) is 14.4. The number of amides is 2. The van der Waals surface area contributed by atoms with Crippen LogP contribution in [0.5, 0.6) is 0 Å². The second-order valence-electron chi connectivity index (χ2n) is 10.7. The predicted molar refractivity (Wildman–Crippen MR) is 163 cm³/mol. The molecule has 0 unspecified atom stereocenters. The van der Waals surface area contributed by atoms with E-state index in [1.54, 1.807) is 35.2 Å². The van der Waals surface area contributed by atoms with Crippen LogP contribution >= 0.6 is 0 Å². The summed E-state index contributed by atoms with van der Waals surface area (Å²) in [7, 11) is -4.08. The van der Waals surface area contributed by atoms with Crippen LogP contribution in [0, 0.1) is 6.92 Å². The lowest BCUT2D eigenvalue weighted by Crippen LogP contribution is -2.53. The quantitative estimate of drug-likeness (QED) is 0.304. The van der Waals surface area contributed by atoms with E-state index in [-0.39, 0.29) is 23.4 Å². The number of nitrogens with zero attached hydrogens (tertiary/aromatic N) is 2. The van der Waals surface area contributed by atoms with Gasteiger partial charge in [-0.25, -0.2) is 8.42 Å². The van der Waals surface area contributed by atoms with E-state index in [2.05, 4.69) is 5.32 Å². The maximum absolute atomic E-state index is 14.3. The average molecular weight is 576 g/mol. The van der Waals surface area contributed by atoms with E-state index >= 15 is 0 Å². The van der Waals surface area contributed by atoms with Crippen LogP contribution in [-0.2, 0) is 32.6 Å². The molecule has 0 aliphatic heterocycles. The highest BCUT2D eigenvalue weighted by atomic mass is 32.2. The highest BCUT2D eigenvalue weighted by Gasteiger charge is 2.35. The number of para-hydroxylation sites is 1. The minimum Gasteiger partial charge on any atom is -0.352 e. The third-order valence-corrected chi connectivity index (χ3v) is 9.71. The van der Waals surface area contributed by atoms with Crippen molar-refractivity contribution in [1.29, 1.82) is 0 Å². The molecule has 41 heavy (non-hydrogen) atoms. The fourth-order valence-corrected chi connectivity index (χ4v) is 7.02. The molecule has 3 aromatic rings. The van der Waals surface area contributed by atoms with Gasteiger partial charge in [0.25, 0.3) is 10.0 Å². The number of hydrogen-bond acceptors (Lipinski definition) is 4. The summed E-state index contributed by atoms with van der Waals surface area (Å²) in [5.41, 5.74) is 3.20. The Balaban J connectivity index is 1.74. The van der Waals surface area contributed by atoms with Crippen LogP contribution in [0.1, 0.15) is 62.6 Å². The minimum absolute atomic E-state index is 0.107. The molecule has 1 atom stereocenters. The van der Waals surface area contributed by atoms with E-state index in [9.17, 15) is 18.0 Å². The Kier molecular flexibility index (Phi) is 10.2. The second kappa shape index (κ2) is 13.8. The fraction of sp³-hybridized carbons (Fsp3) is 0.394. The lowest BCUT2D eigenvalue weighted by atomic mass is 10.1. The van der Waals surface area contributed by atoms with Crippen molar-refractivity contribution in [2.24, 2.45) is 0 Å². The number of anilines is 1. The Morgan fingerprint density at radius 1 is 0.878 bits per heavy atom. The summed E-state index contributed by atoms with van der Waals surface area (Å²) in [5.74, 6) is -0.611. The van der Waals surface area contributed by atoms with Gasteiger partial charge in [0.1, 0.15) is 12.6 Å². The molecule has 0 heterocycles. The third-order valence-electron chi connectivity index (χ3n) is 7.94. The van der Waals surface area contributed by atoms with Crippen LogP contribution in [0.2, 0.25) is 0 Å². The van der Waals surface area contributed by atoms with Crippen molar-refractivity contribution in [1.82, 2.24) is 10.2 Å². The van der Waals surface area contributed by atoms with Gasteiger partial charge in [0.15, 0.2) is 0 Å². The first-order chi connectivity index (χ1) is 19.8. The molecule has 1 fully saturated rings. The van der Waals surface area contributed by atoms with Crippen LogP contribution < -0.4 is 9.62 Å². The predicted octanol–water partition coefficient (Wildman–Crippen LogP) is 5.62. The molecule has 0 aromatic heterocycles. The number of rotatable bonds is 12. The third kappa shape index (κ3) is 7.17. The van der Waals surface area contributed by atoms with Crippen LogP contribution in [-0.4, -0.2) is 43.8 Å². The maximum atomic E-state index is 14.3. The molecule has 1 N–H and O–H groups in total. The molecule has 8 heteroatoms. The lowest BCUT2D eigenvalue weighted by molar-refractivity contribution is -0.140. The molecule has 3 aromatic carbocycles. The molecule has 2 amide bonds. The van der Waals surface area contributed by atoms with E-state index in [1.807, 2.05) is 57.2 Å². The number of sulfonamides is 1. The molecular formula is C33H41N3O4S. The number of aryl methyl sites for hydroxylation is 2. The number of benzene rings is 3. The monoisotopic (exact) mass is 575 g/mol. The van der Waals surface area contributed by atoms with E-state index in [4.69, 9.17) is 0 Å². The zero-order chi connectivity index (χ0) is 29.4. The van der Waals surface area contributed by atoms with Crippen LogP contribution in [0.25, 0.3) is 0 Å². The largest absolute Gasteiger partial charge is 0.352 e. The smallest absolute Gasteiger partial charge is 0.264 e. The summed E-state index contributed by atoms with van der Waals surface area (Å²) in [6.45, 7) is 5.60. The van der Waals surface area contributed by atoms with Crippen molar-refractivity contribution in [3.05, 3.63) is 95.6 Å². The number of nitrogens with one attached hydrogen (secondary N) is 1. The van der Waals surface area contributed by atoms with Crippen molar-refractivity contribution in [2.45, 2.75) is 82.8 Å². The Bertz CT molecular complexity index is 1440. The Morgan fingerprint density at radius 2 is 1.49 bits per heavy atom. The van der Waals surface area contributed by atoms with Gasteiger partial charge in [-0.2, -0.15) is 0 Å². The number of carbonyl (C=O) groups excluding carboxylic acids is 2. The molecule has 7 nitrogen and oxygen atoms in total. The lowest BCUT2D eigenvalue weighted by Gasteiger charge is -2.34. The molecule has 218 valence electrons. The van der Waals surface area contributed by atoms with Gasteiger partial charge in [0, 0.05) is 12.6 Å². The fourth-order valence-electron chi connectivity index (χ4n) is 5.54. The summed E-state index contributed by atoms with van der Waals surface area (Å²) in [4.78, 5) is 29.6. The van der Waals surface area contributed by atoms with Gasteiger partial charge in [-0.1, -0.05) is 87.4 Å². The summed E-state index contributed by atoms with van der Waals surface area (Å²) in [6, 6.07) is 22.6. The summed E-state index contributed by atoms with van der Waals surface area (Å²) in [6.07, 6.45) is 5.04. The molecular weight excluding hydrogens is 534 g/mol. The van der Waals surface area contributed by atoms with Crippen molar-refractivity contribution < 1.29 is 18.0 Å². The summed E-state index contributed by atoms with van der Waals surface area (Å²) in [5, 5.41) is 3.16. The number of carbonyl (C=O) groups is 2. The SMILES string of the molecule is CCc1ccccc1N(CC(=O)N(Cc1ccccc1C)[C@H](CC)C(=O)NC1CCCC1)S(=O)(=O)c1ccccc1. The zero-order valence-corrected chi connectivity index (χ0v) is 25.1. The van der Waals surface area contributed by atoms with Gasteiger partial charge in [-0.3, -0.25) is 13.9 Å². The standard InChI is InChI=1S/C33H41N3O4S/c1-4-26-16-11-14-22-31(26)36(41(39,40)29-20-7-6-8-21-29)24-32(37)35(23-27-17-10-9-15-25(27)3)30(5-2)33(38)34-28-18-12-13-19-28/h6-11,14-17,20-22,28,30H,4-5,12-13,18-19,23-24H2,1-3H3,(H,34,38)/t30-/m1/s1. The average Bonchev–Trinajstić information content (AvgIpc) is 3.50. The summed E-state index contributed by atoms with van der Waals surface area (Å²) < 4.78 is 29.3. The summed E-state index contributed by atoms with van der Waals surface area (Å²) >= 11 is 0. The van der Waals surface area contributed by atoms with Crippen LogP contribution in [0.4, 0.5) is 5.69 Å². The topological polar surface area (TPSA) is 86.8 Å². The Morgan fingerprint density at radius 3 is 2.12 bits per heavy atom. The molecule has 1 saturated carbocycles. The minimum atomic E-state index is -4.08. The molecule has 0 bridgehead atoms. The first kappa shape index (κ1) is 30.3. The highest BCUT2D eigenvalue weighted by Crippen LogP contribution is 2.28. The Hall–Kier alpha value is -3.65. The first-order valence-electron chi connectivity index (χ1n) is 14.6. The van der Waals surface area contributed by atoms with E-state index in [0.717, 1.165) is 42.4 Å². The van der Waals surface area contributed by atoms with Crippen LogP contribution in [0.3, 0.4) is 0 Å². The van der Waals surface area contributed by atoms with Gasteiger partial charge < -0.3 is 10.2 Å². The van der Waals surface area contributed by atoms with Gasteiger partial charge in [-0.15, -0.1) is 0 Å². The highest BCUT2D eigenvalue weighted by molar-refractivity contribution is 7.92. The van der Waals surface area contributed by atoms with Crippen molar-refractivity contribution >= 4 is 27.5 Å². The Labute approximate surface area is 244 Å². The molecule has 0 saturated heterocycles. The molecule has 1 aliphatic carbocycles. The molecule has 4 rings (SSSR count). The van der Waals surface area contributed by atoms with Gasteiger partial charge in [0.05, 0.1) is 10.6 Å². The zero-order valence-electron chi connectivity index (χ0n) is 24.3. The van der Waals surface area contributed by atoms with Gasteiger partial charge >= 0.3 is 0 Å². The van der Waals surface area contributed by atoms with E-state index in [1.165, 1.54) is 16.4 Å². The van der Waals surface area contributed by atoms with Crippen molar-refractivity contribution in [3.8, 4) is 0 Å². The number of hydrogen-bond donors (Lipinski definition) is 1. The molecule has 0 spiro atoms. The van der Waals surface area contributed by atoms with Crippen molar-refractivity contribution in [2.75, 3.05) is 10.8 Å². The van der Waals surface area contributed by atoms with Gasteiger partial charge in [0.2, 0.25) is 11.8 Å². The second-order valence-corrected chi connectivity index (χ2v) is 12.5. The van der Waals surface area contributed by atoms with E-state index in [0.29, 0.717) is 18.5 Å². The van der Waals surface area contributed by atoms with Crippen LogP contribution in [0.15, 0.2) is 83.8 Å². The maximum Gasteiger partial charge on any atom is 0.264 e. The van der Waals surface area contributed by atoms with Crippen molar-refractivity contribution in [3.63, 3.8) is 0 Å². The first-order valence-corrected chi connectivity index (χ1v) is 16.0. The molecule has 1 aliphatic rings.